The van der Waals surface area contributed by atoms with Crippen LogP contribution >= 0.6 is 0 Å². The third-order valence-corrected chi connectivity index (χ3v) is 3.14. The number of benzene rings is 1. The monoisotopic (exact) mass is 345 g/mol. The van der Waals surface area contributed by atoms with E-state index >= 15 is 0 Å². The normalized spacial score (nSPS) is 10.3. The van der Waals surface area contributed by atoms with E-state index in [0.717, 1.165) is 5.56 Å². The summed E-state index contributed by atoms with van der Waals surface area (Å²) >= 11 is 0. The highest BCUT2D eigenvalue weighted by atomic mass is 16.5. The molecule has 26 heavy (non-hydrogen) atoms. The van der Waals surface area contributed by atoms with E-state index in [1.54, 1.807) is 12.1 Å². The summed E-state index contributed by atoms with van der Waals surface area (Å²) in [6.45, 7) is 1.05. The Kier molecular flexibility index (Phi) is 9.49. The average molecular weight is 345 g/mol. The molecule has 0 bridgehead atoms. The number of ether oxygens (including phenoxy) is 3. The molecule has 130 valence electrons. The molecule has 0 aliphatic rings. The summed E-state index contributed by atoms with van der Waals surface area (Å²) in [6.07, 6.45) is 26.3. The quantitative estimate of drug-likeness (QED) is 0.517. The molecule has 4 heteroatoms. The fraction of sp³-hybridized carbons (Fsp3) is 0.273. The van der Waals surface area contributed by atoms with Crippen molar-refractivity contribution in [3.05, 3.63) is 23.3 Å². The SMILES string of the molecule is C#CCNCC(OCC#C)c1cc(C#C)c(OCC#C)c(OCC#C)c1. The van der Waals surface area contributed by atoms with Crippen LogP contribution in [0.1, 0.15) is 17.2 Å². The summed E-state index contributed by atoms with van der Waals surface area (Å²) in [5.41, 5.74) is 1.22. The van der Waals surface area contributed by atoms with Gasteiger partial charge in [-0.3, -0.25) is 0 Å². The predicted octanol–water partition coefficient (Wildman–Crippen LogP) is 1.61. The molecule has 0 aliphatic heterocycles. The van der Waals surface area contributed by atoms with Gasteiger partial charge < -0.3 is 19.5 Å². The fourth-order valence-corrected chi connectivity index (χ4v) is 2.10. The Morgan fingerprint density at radius 2 is 1.58 bits per heavy atom. The van der Waals surface area contributed by atoms with Gasteiger partial charge in [-0.25, -0.2) is 0 Å². The minimum absolute atomic E-state index is 0.0428. The molecule has 1 unspecified atom stereocenters. The topological polar surface area (TPSA) is 39.7 Å². The second-order valence-corrected chi connectivity index (χ2v) is 4.86. The lowest BCUT2D eigenvalue weighted by Crippen LogP contribution is -2.24. The highest BCUT2D eigenvalue weighted by molar-refractivity contribution is 5.56. The molecular formula is C22H19NO3. The lowest BCUT2D eigenvalue weighted by molar-refractivity contribution is 0.0781. The van der Waals surface area contributed by atoms with Gasteiger partial charge in [-0.05, 0) is 17.7 Å². The second-order valence-electron chi connectivity index (χ2n) is 4.86. The maximum atomic E-state index is 5.70. The Hall–Kier alpha value is -3.46. The number of nitrogens with one attached hydrogen (secondary N) is 1. The molecule has 0 aliphatic carbocycles. The Balaban J connectivity index is 3.28. The molecule has 0 heterocycles. The van der Waals surface area contributed by atoms with Crippen LogP contribution in [0.15, 0.2) is 12.1 Å². The van der Waals surface area contributed by atoms with Gasteiger partial charge in [-0.1, -0.05) is 29.6 Å². The number of terminal acetylenes is 5. The molecule has 0 saturated carbocycles. The summed E-state index contributed by atoms with van der Waals surface area (Å²) < 4.78 is 16.8. The zero-order valence-electron chi connectivity index (χ0n) is 14.4. The first kappa shape index (κ1) is 20.6. The molecule has 1 atom stereocenters. The van der Waals surface area contributed by atoms with Crippen molar-refractivity contribution in [3.63, 3.8) is 0 Å². The minimum Gasteiger partial charge on any atom is -0.477 e. The smallest absolute Gasteiger partial charge is 0.178 e. The van der Waals surface area contributed by atoms with Gasteiger partial charge in [0.1, 0.15) is 19.8 Å². The maximum Gasteiger partial charge on any atom is 0.178 e. The van der Waals surface area contributed by atoms with Gasteiger partial charge in [-0.2, -0.15) is 0 Å². The van der Waals surface area contributed by atoms with Crippen LogP contribution in [-0.2, 0) is 4.74 Å². The van der Waals surface area contributed by atoms with E-state index in [1.165, 1.54) is 0 Å². The zero-order chi connectivity index (χ0) is 19.2. The molecule has 0 amide bonds. The first-order chi connectivity index (χ1) is 12.7. The predicted molar refractivity (Wildman–Crippen MR) is 102 cm³/mol. The standard InChI is InChI=1S/C22H19NO3/c1-6-11-23-17-21(25-13-8-3)19-15-18(10-5)22(26-14-9-4)20(16-19)24-12-7-2/h1-5,15-16,21,23H,11-14,17H2. The van der Waals surface area contributed by atoms with Crippen molar-refractivity contribution in [2.45, 2.75) is 6.10 Å². The molecule has 1 aromatic rings. The summed E-state index contributed by atoms with van der Waals surface area (Å²) in [5.74, 6) is 13.0. The van der Waals surface area contributed by atoms with Gasteiger partial charge in [0.15, 0.2) is 11.5 Å². The number of rotatable bonds is 10. The van der Waals surface area contributed by atoms with Crippen LogP contribution in [0.3, 0.4) is 0 Å². The van der Waals surface area contributed by atoms with Gasteiger partial charge in [0.05, 0.1) is 18.2 Å². The number of hydrogen-bond acceptors (Lipinski definition) is 4. The molecule has 1 aromatic carbocycles. The van der Waals surface area contributed by atoms with E-state index in [-0.39, 0.29) is 25.9 Å². The molecular weight excluding hydrogens is 326 g/mol. The third-order valence-electron chi connectivity index (χ3n) is 3.14. The average Bonchev–Trinajstić information content (AvgIpc) is 2.67. The van der Waals surface area contributed by atoms with Gasteiger partial charge in [0, 0.05) is 6.54 Å². The number of hydrogen-bond donors (Lipinski definition) is 1. The van der Waals surface area contributed by atoms with E-state index < -0.39 is 0 Å². The minimum atomic E-state index is -0.388. The van der Waals surface area contributed by atoms with Crippen molar-refractivity contribution >= 4 is 0 Å². The van der Waals surface area contributed by atoms with Crippen LogP contribution < -0.4 is 14.8 Å². The van der Waals surface area contributed by atoms with Crippen molar-refractivity contribution in [2.75, 3.05) is 32.9 Å². The van der Waals surface area contributed by atoms with Crippen LogP contribution in [0.2, 0.25) is 0 Å². The summed E-state index contributed by atoms with van der Waals surface area (Å²) in [6, 6.07) is 3.50. The summed E-state index contributed by atoms with van der Waals surface area (Å²) in [7, 11) is 0. The van der Waals surface area contributed by atoms with Crippen LogP contribution in [-0.4, -0.2) is 32.9 Å². The lowest BCUT2D eigenvalue weighted by atomic mass is 10.0. The van der Waals surface area contributed by atoms with Gasteiger partial charge in [-0.15, -0.1) is 32.1 Å². The lowest BCUT2D eigenvalue weighted by Gasteiger charge is -2.20. The maximum absolute atomic E-state index is 5.70. The van der Waals surface area contributed by atoms with Crippen LogP contribution in [0, 0.1) is 61.7 Å². The van der Waals surface area contributed by atoms with Crippen molar-refractivity contribution in [2.24, 2.45) is 0 Å². The molecule has 1 N–H and O–H groups in total. The van der Waals surface area contributed by atoms with Crippen molar-refractivity contribution in [3.8, 4) is 73.2 Å². The van der Waals surface area contributed by atoms with Crippen LogP contribution in [0.25, 0.3) is 0 Å². The molecule has 4 nitrogen and oxygen atoms in total. The molecule has 0 fully saturated rings. The van der Waals surface area contributed by atoms with Gasteiger partial charge in [0.2, 0.25) is 0 Å². The van der Waals surface area contributed by atoms with Crippen LogP contribution in [0.5, 0.6) is 11.5 Å². The first-order valence-corrected chi connectivity index (χ1v) is 7.68. The van der Waals surface area contributed by atoms with E-state index in [0.29, 0.717) is 30.2 Å². The molecule has 0 aromatic heterocycles. The van der Waals surface area contributed by atoms with Gasteiger partial charge in [0.25, 0.3) is 0 Å². The Bertz CT molecular complexity index is 806. The molecule has 0 spiro atoms. The van der Waals surface area contributed by atoms with Gasteiger partial charge >= 0.3 is 0 Å². The molecule has 0 saturated heterocycles. The highest BCUT2D eigenvalue weighted by Gasteiger charge is 2.19. The van der Waals surface area contributed by atoms with Crippen molar-refractivity contribution in [1.82, 2.24) is 5.32 Å². The Labute approximate surface area is 155 Å². The highest BCUT2D eigenvalue weighted by Crippen LogP contribution is 2.35. The Morgan fingerprint density at radius 3 is 2.19 bits per heavy atom. The fourth-order valence-electron chi connectivity index (χ4n) is 2.10. The second kappa shape index (κ2) is 12.0. The van der Waals surface area contributed by atoms with Crippen molar-refractivity contribution < 1.29 is 14.2 Å². The summed E-state index contributed by atoms with van der Waals surface area (Å²) in [4.78, 5) is 0. The third kappa shape index (κ3) is 6.21. The Morgan fingerprint density at radius 1 is 0.885 bits per heavy atom. The van der Waals surface area contributed by atoms with Crippen LogP contribution in [0.4, 0.5) is 0 Å². The van der Waals surface area contributed by atoms with E-state index in [4.69, 9.17) is 46.3 Å². The van der Waals surface area contributed by atoms with E-state index in [1.807, 2.05) is 0 Å². The summed E-state index contributed by atoms with van der Waals surface area (Å²) in [5, 5.41) is 3.08. The molecule has 0 radical (unpaired) electrons. The first-order valence-electron chi connectivity index (χ1n) is 7.68. The van der Waals surface area contributed by atoms with E-state index in [2.05, 4.69) is 34.9 Å². The molecule has 1 rings (SSSR count). The zero-order valence-corrected chi connectivity index (χ0v) is 14.4. The van der Waals surface area contributed by atoms with E-state index in [9.17, 15) is 0 Å². The largest absolute Gasteiger partial charge is 0.477 e. The van der Waals surface area contributed by atoms with Crippen molar-refractivity contribution in [1.29, 1.82) is 0 Å².